The molecule has 29 heavy (non-hydrogen) atoms. The summed E-state index contributed by atoms with van der Waals surface area (Å²) in [5.74, 6) is -1.47. The summed E-state index contributed by atoms with van der Waals surface area (Å²) in [5, 5.41) is 13.9. The van der Waals surface area contributed by atoms with Crippen molar-refractivity contribution in [3.8, 4) is 5.69 Å². The van der Waals surface area contributed by atoms with Crippen molar-refractivity contribution in [2.75, 3.05) is 5.32 Å². The highest BCUT2D eigenvalue weighted by atomic mass is 35.5. The molecule has 0 aliphatic carbocycles. The number of benzene rings is 2. The first kappa shape index (κ1) is 19.2. The molecular weight excluding hydrogens is 415 g/mol. The molecule has 0 aliphatic rings. The Bertz CT molecular complexity index is 1310. The van der Waals surface area contributed by atoms with Gasteiger partial charge in [0.05, 0.1) is 11.4 Å². The maximum atomic E-state index is 13.6. The van der Waals surface area contributed by atoms with Crippen molar-refractivity contribution in [2.45, 2.75) is 6.92 Å². The first-order valence-electron chi connectivity index (χ1n) is 8.56. The highest BCUT2D eigenvalue weighted by Gasteiger charge is 2.21. The van der Waals surface area contributed by atoms with E-state index in [2.05, 4.69) is 5.32 Å². The first-order chi connectivity index (χ1) is 13.8. The van der Waals surface area contributed by atoms with E-state index in [9.17, 15) is 19.1 Å². The minimum absolute atomic E-state index is 0.0512. The summed E-state index contributed by atoms with van der Waals surface area (Å²) >= 11 is 6.94. The number of nitrogens with zero attached hydrogens (tertiary/aromatic N) is 1. The van der Waals surface area contributed by atoms with E-state index >= 15 is 0 Å². The summed E-state index contributed by atoms with van der Waals surface area (Å²) in [4.78, 5) is 25.0. The van der Waals surface area contributed by atoms with Crippen LogP contribution in [0, 0.1) is 12.7 Å². The van der Waals surface area contributed by atoms with Crippen LogP contribution in [0.1, 0.15) is 15.2 Å². The Hall–Kier alpha value is -3.16. The molecule has 2 heterocycles. The van der Waals surface area contributed by atoms with Crippen molar-refractivity contribution >= 4 is 50.5 Å². The minimum atomic E-state index is -1.12. The number of halogens is 2. The van der Waals surface area contributed by atoms with Gasteiger partial charge in [-0.15, -0.1) is 11.3 Å². The molecule has 0 saturated carbocycles. The number of aromatic nitrogens is 1. The van der Waals surface area contributed by atoms with Crippen molar-refractivity contribution in [3.05, 3.63) is 86.2 Å². The maximum Gasteiger partial charge on any atom is 0.348 e. The lowest BCUT2D eigenvalue weighted by atomic mass is 10.2. The number of anilines is 2. The smallest absolute Gasteiger partial charge is 0.348 e. The molecular formula is C21H14ClFN2O3S. The van der Waals surface area contributed by atoms with E-state index in [-0.39, 0.29) is 16.3 Å². The van der Waals surface area contributed by atoms with Gasteiger partial charge < -0.3 is 10.4 Å². The van der Waals surface area contributed by atoms with E-state index in [1.807, 2.05) is 0 Å². The quantitative estimate of drug-likeness (QED) is 0.444. The molecule has 0 amide bonds. The Morgan fingerprint density at radius 3 is 2.52 bits per heavy atom. The zero-order chi connectivity index (χ0) is 20.7. The summed E-state index contributed by atoms with van der Waals surface area (Å²) in [6.45, 7) is 1.63. The Morgan fingerprint density at radius 2 is 1.86 bits per heavy atom. The molecule has 2 aromatic heterocycles. The molecule has 8 heteroatoms. The number of aryl methyl sites for hydroxylation is 1. The van der Waals surface area contributed by atoms with Crippen LogP contribution in [-0.4, -0.2) is 15.6 Å². The summed E-state index contributed by atoms with van der Waals surface area (Å²) in [6, 6.07) is 14.1. The Balaban J connectivity index is 1.95. The summed E-state index contributed by atoms with van der Waals surface area (Å²) < 4.78 is 15.0. The van der Waals surface area contributed by atoms with Crippen molar-refractivity contribution in [2.24, 2.45) is 0 Å². The molecule has 0 saturated heterocycles. The third-order valence-electron chi connectivity index (χ3n) is 4.45. The predicted molar refractivity (Wildman–Crippen MR) is 114 cm³/mol. The van der Waals surface area contributed by atoms with E-state index in [1.165, 1.54) is 22.8 Å². The number of hydrogen-bond donors (Lipinski definition) is 2. The summed E-state index contributed by atoms with van der Waals surface area (Å²) in [7, 11) is 0. The standard InChI is InChI=1S/C21H14ClFN2O3S/c1-11-10-13(4-8-16(11)23)24-18-15-7-9-17(26)25(14-5-2-12(22)3-6-14)20(15)29-19(18)21(27)28/h2-10,24H,1H3,(H,27,28). The molecule has 4 aromatic rings. The van der Waals surface area contributed by atoms with Crippen LogP contribution in [0.15, 0.2) is 59.4 Å². The van der Waals surface area contributed by atoms with E-state index in [0.29, 0.717) is 37.9 Å². The number of thiophene rings is 1. The van der Waals surface area contributed by atoms with Crippen LogP contribution in [0.25, 0.3) is 15.9 Å². The van der Waals surface area contributed by atoms with E-state index in [1.54, 1.807) is 43.3 Å². The van der Waals surface area contributed by atoms with Gasteiger partial charge in [0.25, 0.3) is 5.56 Å². The molecule has 0 bridgehead atoms. The van der Waals surface area contributed by atoms with Gasteiger partial charge in [0.15, 0.2) is 0 Å². The third-order valence-corrected chi connectivity index (χ3v) is 5.88. The van der Waals surface area contributed by atoms with Gasteiger partial charge in [-0.3, -0.25) is 9.36 Å². The Labute approximate surface area is 173 Å². The Kier molecular flexibility index (Phi) is 4.86. The molecule has 0 spiro atoms. The highest BCUT2D eigenvalue weighted by molar-refractivity contribution is 7.21. The summed E-state index contributed by atoms with van der Waals surface area (Å²) in [6.07, 6.45) is 0. The number of fused-ring (bicyclic) bond motifs is 1. The average Bonchev–Trinajstić information content (AvgIpc) is 3.04. The molecule has 4 rings (SSSR count). The molecule has 2 aromatic carbocycles. The number of pyridine rings is 1. The molecule has 0 atom stereocenters. The fourth-order valence-corrected chi connectivity index (χ4v) is 4.29. The van der Waals surface area contributed by atoms with Crippen LogP contribution < -0.4 is 10.9 Å². The predicted octanol–water partition coefficient (Wildman–Crippen LogP) is 5.59. The number of nitrogens with one attached hydrogen (secondary N) is 1. The molecule has 0 aliphatic heterocycles. The van der Waals surface area contributed by atoms with Crippen molar-refractivity contribution in [3.63, 3.8) is 0 Å². The zero-order valence-corrected chi connectivity index (χ0v) is 16.6. The number of rotatable bonds is 4. The van der Waals surface area contributed by atoms with Gasteiger partial charge in [-0.05, 0) is 61.0 Å². The monoisotopic (exact) mass is 428 g/mol. The second-order valence-electron chi connectivity index (χ2n) is 6.40. The average molecular weight is 429 g/mol. The van der Waals surface area contributed by atoms with Crippen LogP contribution >= 0.6 is 22.9 Å². The lowest BCUT2D eigenvalue weighted by Crippen LogP contribution is -2.16. The van der Waals surface area contributed by atoms with Gasteiger partial charge >= 0.3 is 5.97 Å². The van der Waals surface area contributed by atoms with E-state index < -0.39 is 5.97 Å². The van der Waals surface area contributed by atoms with E-state index in [0.717, 1.165) is 11.3 Å². The van der Waals surface area contributed by atoms with Gasteiger partial charge in [0.2, 0.25) is 0 Å². The van der Waals surface area contributed by atoms with Gasteiger partial charge in [-0.2, -0.15) is 0 Å². The van der Waals surface area contributed by atoms with Crippen LogP contribution in [0.4, 0.5) is 15.8 Å². The topological polar surface area (TPSA) is 71.3 Å². The van der Waals surface area contributed by atoms with Crippen LogP contribution in [0.5, 0.6) is 0 Å². The normalized spacial score (nSPS) is 11.0. The zero-order valence-electron chi connectivity index (χ0n) is 15.1. The fourth-order valence-electron chi connectivity index (χ4n) is 3.06. The Morgan fingerprint density at radius 1 is 1.14 bits per heavy atom. The maximum absolute atomic E-state index is 13.6. The molecule has 0 unspecified atom stereocenters. The number of carboxylic acids is 1. The lowest BCUT2D eigenvalue weighted by molar-refractivity contribution is 0.0703. The molecule has 0 radical (unpaired) electrons. The van der Waals surface area contributed by atoms with Gasteiger partial charge in [0.1, 0.15) is 15.5 Å². The third kappa shape index (κ3) is 3.50. The number of carbonyl (C=O) groups is 1. The van der Waals surface area contributed by atoms with Crippen LogP contribution in [0.3, 0.4) is 0 Å². The van der Waals surface area contributed by atoms with Crippen molar-refractivity contribution < 1.29 is 14.3 Å². The number of aromatic carboxylic acids is 1. The lowest BCUT2D eigenvalue weighted by Gasteiger charge is -2.10. The second kappa shape index (κ2) is 7.35. The van der Waals surface area contributed by atoms with Gasteiger partial charge in [-0.25, -0.2) is 9.18 Å². The van der Waals surface area contributed by atoms with Crippen LogP contribution in [-0.2, 0) is 0 Å². The van der Waals surface area contributed by atoms with Gasteiger partial charge in [0, 0.05) is 22.2 Å². The molecule has 0 fully saturated rings. The highest BCUT2D eigenvalue weighted by Crippen LogP contribution is 2.38. The number of carboxylic acid groups (broad SMARTS) is 1. The summed E-state index contributed by atoms with van der Waals surface area (Å²) in [5.41, 5.74) is 1.63. The molecule has 5 nitrogen and oxygen atoms in total. The minimum Gasteiger partial charge on any atom is -0.477 e. The van der Waals surface area contributed by atoms with Crippen molar-refractivity contribution in [1.29, 1.82) is 0 Å². The number of hydrogen-bond acceptors (Lipinski definition) is 4. The molecule has 146 valence electrons. The van der Waals surface area contributed by atoms with Gasteiger partial charge in [-0.1, -0.05) is 11.6 Å². The SMILES string of the molecule is Cc1cc(Nc2c(C(=O)O)sc3c2ccc(=O)n3-c2ccc(Cl)cc2)ccc1F. The van der Waals surface area contributed by atoms with E-state index in [4.69, 9.17) is 11.6 Å². The second-order valence-corrected chi connectivity index (χ2v) is 7.84. The fraction of sp³-hybridized carbons (Fsp3) is 0.0476. The largest absolute Gasteiger partial charge is 0.477 e. The molecule has 2 N–H and O–H groups in total. The first-order valence-corrected chi connectivity index (χ1v) is 9.75. The van der Waals surface area contributed by atoms with Crippen molar-refractivity contribution in [1.82, 2.24) is 4.57 Å². The van der Waals surface area contributed by atoms with Crippen LogP contribution in [0.2, 0.25) is 5.02 Å².